The molecule has 2 atom stereocenters. The fraction of sp³-hybridized carbons (Fsp3) is 0.375. The fourth-order valence-electron chi connectivity index (χ4n) is 0.859. The Balaban J connectivity index is 2.77. The number of alkyl halides is 1. The number of rotatable bonds is 1. The molecule has 1 radical (unpaired) electrons. The van der Waals surface area contributed by atoms with Crippen LogP contribution in [0.25, 0.3) is 0 Å². The minimum atomic E-state index is -1.70. The molecule has 2 unspecified atom stereocenters. The minimum absolute atomic E-state index is 0.442. The second-order valence-corrected chi connectivity index (χ2v) is 2.25. The van der Waals surface area contributed by atoms with Crippen LogP contribution in [0.5, 0.6) is 0 Å². The second kappa shape index (κ2) is 2.54. The average molecular weight is 141 g/mol. The summed E-state index contributed by atoms with van der Waals surface area (Å²) >= 11 is 0. The largest absolute Gasteiger partial charge is 0.346 e. The Hall–Kier alpha value is -0.630. The predicted octanol–water partition coefficient (Wildman–Crippen LogP) is 1.87. The molecule has 1 aliphatic rings. The van der Waals surface area contributed by atoms with E-state index in [1.807, 2.05) is 0 Å². The first kappa shape index (κ1) is 7.48. The maximum atomic E-state index is 13.3. The SMILES string of the molecule is [CH2]C1C=CC=CC1(F)OC. The number of hydrogen-bond acceptors (Lipinski definition) is 1. The Bertz CT molecular complexity index is 174. The molecular weight excluding hydrogens is 131 g/mol. The van der Waals surface area contributed by atoms with Gasteiger partial charge in [-0.2, -0.15) is 0 Å². The van der Waals surface area contributed by atoms with Gasteiger partial charge in [0.25, 0.3) is 0 Å². The van der Waals surface area contributed by atoms with Gasteiger partial charge in [-0.1, -0.05) is 18.2 Å². The highest BCUT2D eigenvalue weighted by molar-refractivity contribution is 5.19. The van der Waals surface area contributed by atoms with Gasteiger partial charge in [-0.15, -0.1) is 0 Å². The maximum Gasteiger partial charge on any atom is 0.234 e. The number of hydrogen-bond donors (Lipinski definition) is 0. The summed E-state index contributed by atoms with van der Waals surface area (Å²) in [5.74, 6) is -2.14. The van der Waals surface area contributed by atoms with Crippen LogP contribution in [0.1, 0.15) is 0 Å². The molecule has 0 saturated heterocycles. The highest BCUT2D eigenvalue weighted by Gasteiger charge is 2.32. The van der Waals surface area contributed by atoms with Crippen LogP contribution in [-0.4, -0.2) is 13.0 Å². The monoisotopic (exact) mass is 141 g/mol. The highest BCUT2D eigenvalue weighted by atomic mass is 19.2. The summed E-state index contributed by atoms with van der Waals surface area (Å²) in [6.45, 7) is 3.58. The molecule has 1 rings (SSSR count). The molecule has 0 saturated carbocycles. The van der Waals surface area contributed by atoms with E-state index >= 15 is 0 Å². The van der Waals surface area contributed by atoms with Crippen molar-refractivity contribution in [3.8, 4) is 0 Å². The Morgan fingerprint density at radius 1 is 1.60 bits per heavy atom. The number of allylic oxidation sites excluding steroid dienone is 2. The van der Waals surface area contributed by atoms with Gasteiger partial charge < -0.3 is 4.74 Å². The fourth-order valence-corrected chi connectivity index (χ4v) is 0.859. The van der Waals surface area contributed by atoms with Crippen LogP contribution >= 0.6 is 0 Å². The van der Waals surface area contributed by atoms with Gasteiger partial charge in [0.15, 0.2) is 0 Å². The van der Waals surface area contributed by atoms with Crippen LogP contribution < -0.4 is 0 Å². The third-order valence-electron chi connectivity index (χ3n) is 1.60. The summed E-state index contributed by atoms with van der Waals surface area (Å²) in [6, 6.07) is 0. The van der Waals surface area contributed by atoms with Gasteiger partial charge in [0.05, 0.1) is 0 Å². The Labute approximate surface area is 60.2 Å². The summed E-state index contributed by atoms with van der Waals surface area (Å²) in [7, 11) is 1.34. The summed E-state index contributed by atoms with van der Waals surface area (Å²) in [5.41, 5.74) is 0. The lowest BCUT2D eigenvalue weighted by molar-refractivity contribution is -0.0992. The van der Waals surface area contributed by atoms with Crippen molar-refractivity contribution in [3.63, 3.8) is 0 Å². The molecule has 2 heteroatoms. The minimum Gasteiger partial charge on any atom is -0.346 e. The molecule has 0 N–H and O–H groups in total. The van der Waals surface area contributed by atoms with E-state index in [1.54, 1.807) is 18.2 Å². The molecule has 55 valence electrons. The third kappa shape index (κ3) is 1.12. The predicted molar refractivity (Wildman–Crippen MR) is 38.0 cm³/mol. The molecule has 1 nitrogen and oxygen atoms in total. The second-order valence-electron chi connectivity index (χ2n) is 2.25. The van der Waals surface area contributed by atoms with E-state index in [2.05, 4.69) is 11.7 Å². The normalized spacial score (nSPS) is 38.5. The van der Waals surface area contributed by atoms with Crippen molar-refractivity contribution in [2.75, 3.05) is 7.11 Å². The number of methoxy groups -OCH3 is 1. The van der Waals surface area contributed by atoms with Gasteiger partial charge in [0, 0.05) is 13.0 Å². The van der Waals surface area contributed by atoms with Gasteiger partial charge in [-0.25, -0.2) is 4.39 Å². The van der Waals surface area contributed by atoms with Crippen LogP contribution in [0.15, 0.2) is 24.3 Å². The molecular formula is C8H10FO. The van der Waals surface area contributed by atoms with E-state index in [4.69, 9.17) is 0 Å². The van der Waals surface area contributed by atoms with Crippen LogP contribution in [0.3, 0.4) is 0 Å². The maximum absolute atomic E-state index is 13.3. The van der Waals surface area contributed by atoms with Crippen LogP contribution in [0.4, 0.5) is 4.39 Å². The Morgan fingerprint density at radius 2 is 2.30 bits per heavy atom. The van der Waals surface area contributed by atoms with Crippen molar-refractivity contribution in [1.29, 1.82) is 0 Å². The molecule has 0 aromatic heterocycles. The van der Waals surface area contributed by atoms with Crippen LogP contribution in [-0.2, 0) is 4.74 Å². The lowest BCUT2D eigenvalue weighted by atomic mass is 9.97. The van der Waals surface area contributed by atoms with Crippen molar-refractivity contribution in [3.05, 3.63) is 31.2 Å². The molecule has 0 aliphatic heterocycles. The van der Waals surface area contributed by atoms with E-state index in [0.29, 0.717) is 0 Å². The summed E-state index contributed by atoms with van der Waals surface area (Å²) < 4.78 is 17.9. The van der Waals surface area contributed by atoms with Gasteiger partial charge in [-0.05, 0) is 13.0 Å². The standard InChI is InChI=1S/C8H10FO/c1-7-5-3-4-6-8(7,9)10-2/h3-7H,1H2,2H3. The number of halogens is 1. The van der Waals surface area contributed by atoms with Crippen molar-refractivity contribution in [1.82, 2.24) is 0 Å². The molecule has 0 heterocycles. The van der Waals surface area contributed by atoms with Crippen molar-refractivity contribution in [2.45, 2.75) is 5.85 Å². The molecule has 0 amide bonds. The quantitative estimate of drug-likeness (QED) is 0.541. The zero-order chi connectivity index (χ0) is 7.61. The van der Waals surface area contributed by atoms with Gasteiger partial charge in [-0.3, -0.25) is 0 Å². The van der Waals surface area contributed by atoms with E-state index in [1.165, 1.54) is 13.2 Å². The molecule has 0 aromatic rings. The zero-order valence-electron chi connectivity index (χ0n) is 5.88. The summed E-state index contributed by atoms with van der Waals surface area (Å²) in [6.07, 6.45) is 6.41. The van der Waals surface area contributed by atoms with E-state index in [-0.39, 0.29) is 0 Å². The van der Waals surface area contributed by atoms with Crippen molar-refractivity contribution >= 4 is 0 Å². The topological polar surface area (TPSA) is 9.23 Å². The van der Waals surface area contributed by atoms with E-state index < -0.39 is 11.8 Å². The van der Waals surface area contributed by atoms with Crippen LogP contribution in [0, 0.1) is 12.8 Å². The highest BCUT2D eigenvalue weighted by Crippen LogP contribution is 2.28. The zero-order valence-corrected chi connectivity index (χ0v) is 5.88. The smallest absolute Gasteiger partial charge is 0.234 e. The lowest BCUT2D eigenvalue weighted by Gasteiger charge is -2.26. The van der Waals surface area contributed by atoms with Crippen LogP contribution in [0.2, 0.25) is 0 Å². The first-order valence-corrected chi connectivity index (χ1v) is 3.12. The summed E-state index contributed by atoms with van der Waals surface area (Å²) in [5, 5.41) is 0. The molecule has 0 bridgehead atoms. The molecule has 0 spiro atoms. The summed E-state index contributed by atoms with van der Waals surface area (Å²) in [4.78, 5) is 0. The number of ether oxygens (including phenoxy) is 1. The Kier molecular flexibility index (Phi) is 1.90. The van der Waals surface area contributed by atoms with Crippen molar-refractivity contribution < 1.29 is 9.13 Å². The molecule has 10 heavy (non-hydrogen) atoms. The third-order valence-corrected chi connectivity index (χ3v) is 1.60. The molecule has 1 aliphatic carbocycles. The first-order chi connectivity index (χ1) is 4.69. The van der Waals surface area contributed by atoms with Gasteiger partial charge in [0.1, 0.15) is 0 Å². The van der Waals surface area contributed by atoms with E-state index in [0.717, 1.165) is 0 Å². The van der Waals surface area contributed by atoms with Gasteiger partial charge in [0.2, 0.25) is 5.85 Å². The average Bonchev–Trinajstić information content (AvgIpc) is 1.96. The van der Waals surface area contributed by atoms with Gasteiger partial charge >= 0.3 is 0 Å². The first-order valence-electron chi connectivity index (χ1n) is 3.12. The Morgan fingerprint density at radius 3 is 2.70 bits per heavy atom. The van der Waals surface area contributed by atoms with Crippen molar-refractivity contribution in [2.24, 2.45) is 5.92 Å². The molecule has 0 fully saturated rings. The lowest BCUT2D eigenvalue weighted by Crippen LogP contribution is -2.31. The van der Waals surface area contributed by atoms with E-state index in [9.17, 15) is 4.39 Å². The molecule has 0 aromatic carbocycles.